The molecule has 0 aliphatic carbocycles. The zero-order valence-corrected chi connectivity index (χ0v) is 15.6. The highest BCUT2D eigenvalue weighted by Gasteiger charge is 2.31. The minimum atomic E-state index is -3.53. The first-order valence-electron chi connectivity index (χ1n) is 7.53. The maximum absolute atomic E-state index is 12.7. The van der Waals surface area contributed by atoms with Gasteiger partial charge >= 0.3 is 0 Å². The zero-order chi connectivity index (χ0) is 16.2. The number of rotatable bonds is 6. The summed E-state index contributed by atoms with van der Waals surface area (Å²) in [5.41, 5.74) is 6.37. The van der Waals surface area contributed by atoms with Crippen molar-refractivity contribution in [3.63, 3.8) is 0 Å². The number of nitrogens with zero attached hydrogens (tertiary/aromatic N) is 1. The molecule has 1 aromatic carbocycles. The number of nitrogens with two attached hydrogens (primary N) is 1. The van der Waals surface area contributed by atoms with Crippen molar-refractivity contribution in [3.05, 3.63) is 28.8 Å². The first-order valence-corrected chi connectivity index (χ1v) is 9.35. The Labute approximate surface area is 149 Å². The monoisotopic (exact) mass is 382 g/mol. The van der Waals surface area contributed by atoms with Gasteiger partial charge in [-0.3, -0.25) is 0 Å². The standard InChI is InChI=1S/C15H23ClN2O3S.ClH/c1-12-3-4-15(14(16)11-12)22(19,20)18-8-5-13(6-9-18)21-10-2-7-17;/h3-4,11,13H,2,5-10,17H2,1H3;1H. The van der Waals surface area contributed by atoms with Gasteiger partial charge in [0.2, 0.25) is 10.0 Å². The Morgan fingerprint density at radius 3 is 2.57 bits per heavy atom. The van der Waals surface area contributed by atoms with Gasteiger partial charge in [0, 0.05) is 19.7 Å². The molecule has 1 fully saturated rings. The normalized spacial score (nSPS) is 17.0. The van der Waals surface area contributed by atoms with E-state index >= 15 is 0 Å². The Hall–Kier alpha value is -0.370. The van der Waals surface area contributed by atoms with E-state index in [0.29, 0.717) is 39.1 Å². The van der Waals surface area contributed by atoms with Crippen LogP contribution in [-0.4, -0.2) is 45.1 Å². The lowest BCUT2D eigenvalue weighted by molar-refractivity contribution is 0.0209. The third-order valence-electron chi connectivity index (χ3n) is 3.81. The van der Waals surface area contributed by atoms with Crippen LogP contribution in [0.2, 0.25) is 5.02 Å². The summed E-state index contributed by atoms with van der Waals surface area (Å²) in [6.07, 6.45) is 2.35. The van der Waals surface area contributed by atoms with Gasteiger partial charge in [0.25, 0.3) is 0 Å². The SMILES string of the molecule is Cc1ccc(S(=O)(=O)N2CCC(OCCCN)CC2)c(Cl)c1.Cl. The number of halogens is 2. The Kier molecular flexibility index (Phi) is 8.27. The van der Waals surface area contributed by atoms with E-state index in [1.54, 1.807) is 18.2 Å². The highest BCUT2D eigenvalue weighted by molar-refractivity contribution is 7.89. The summed E-state index contributed by atoms with van der Waals surface area (Å²) in [6, 6.07) is 5.02. The van der Waals surface area contributed by atoms with E-state index in [2.05, 4.69) is 0 Å². The smallest absolute Gasteiger partial charge is 0.244 e. The number of ether oxygens (including phenoxy) is 1. The molecule has 0 radical (unpaired) electrons. The van der Waals surface area contributed by atoms with Gasteiger partial charge in [0.1, 0.15) is 4.90 Å². The minimum Gasteiger partial charge on any atom is -0.378 e. The first-order chi connectivity index (χ1) is 10.4. The van der Waals surface area contributed by atoms with Crippen LogP contribution in [0.25, 0.3) is 0 Å². The van der Waals surface area contributed by atoms with Crippen LogP contribution >= 0.6 is 24.0 Å². The average Bonchev–Trinajstić information content (AvgIpc) is 2.47. The highest BCUT2D eigenvalue weighted by Crippen LogP contribution is 2.28. The molecule has 5 nitrogen and oxygen atoms in total. The number of aryl methyl sites for hydroxylation is 1. The molecule has 1 heterocycles. The van der Waals surface area contributed by atoms with Crippen LogP contribution < -0.4 is 5.73 Å². The maximum Gasteiger partial charge on any atom is 0.244 e. The quantitative estimate of drug-likeness (QED) is 0.767. The van der Waals surface area contributed by atoms with Gasteiger partial charge in [0.05, 0.1) is 11.1 Å². The number of piperidine rings is 1. The van der Waals surface area contributed by atoms with Crippen LogP contribution in [0.1, 0.15) is 24.8 Å². The largest absolute Gasteiger partial charge is 0.378 e. The van der Waals surface area contributed by atoms with E-state index in [1.807, 2.05) is 6.92 Å². The van der Waals surface area contributed by atoms with Crippen LogP contribution in [0.15, 0.2) is 23.1 Å². The van der Waals surface area contributed by atoms with Crippen molar-refractivity contribution in [1.82, 2.24) is 4.31 Å². The number of hydrogen-bond donors (Lipinski definition) is 1. The van der Waals surface area contributed by atoms with Crippen molar-refractivity contribution < 1.29 is 13.2 Å². The van der Waals surface area contributed by atoms with E-state index in [-0.39, 0.29) is 28.4 Å². The van der Waals surface area contributed by atoms with Crippen LogP contribution in [0.3, 0.4) is 0 Å². The zero-order valence-electron chi connectivity index (χ0n) is 13.2. The van der Waals surface area contributed by atoms with Crippen LogP contribution in [-0.2, 0) is 14.8 Å². The predicted molar refractivity (Wildman–Crippen MR) is 94.8 cm³/mol. The molecule has 23 heavy (non-hydrogen) atoms. The second-order valence-corrected chi connectivity index (χ2v) is 7.86. The third-order valence-corrected chi connectivity index (χ3v) is 6.19. The number of hydrogen-bond acceptors (Lipinski definition) is 4. The summed E-state index contributed by atoms with van der Waals surface area (Å²) in [6.45, 7) is 4.04. The molecule has 0 bridgehead atoms. The van der Waals surface area contributed by atoms with Crippen molar-refractivity contribution in [3.8, 4) is 0 Å². The van der Waals surface area contributed by atoms with Crippen LogP contribution in [0.4, 0.5) is 0 Å². The maximum atomic E-state index is 12.7. The van der Waals surface area contributed by atoms with Crippen molar-refractivity contribution >= 4 is 34.0 Å². The summed E-state index contributed by atoms with van der Waals surface area (Å²) in [4.78, 5) is 0.183. The lowest BCUT2D eigenvalue weighted by Gasteiger charge is -2.31. The summed E-state index contributed by atoms with van der Waals surface area (Å²) >= 11 is 6.10. The Morgan fingerprint density at radius 2 is 2.00 bits per heavy atom. The van der Waals surface area contributed by atoms with Crippen molar-refractivity contribution in [2.24, 2.45) is 5.73 Å². The topological polar surface area (TPSA) is 72.6 Å². The summed E-state index contributed by atoms with van der Waals surface area (Å²) in [5.74, 6) is 0. The minimum absolute atomic E-state index is 0. The molecule has 8 heteroatoms. The highest BCUT2D eigenvalue weighted by atomic mass is 35.5. The number of benzene rings is 1. The lowest BCUT2D eigenvalue weighted by atomic mass is 10.1. The molecule has 1 aliphatic heterocycles. The fraction of sp³-hybridized carbons (Fsp3) is 0.600. The first kappa shape index (κ1) is 20.7. The van der Waals surface area contributed by atoms with Crippen molar-refractivity contribution in [2.75, 3.05) is 26.2 Å². The van der Waals surface area contributed by atoms with E-state index in [0.717, 1.165) is 12.0 Å². The van der Waals surface area contributed by atoms with Crippen LogP contribution in [0.5, 0.6) is 0 Å². The summed E-state index contributed by atoms with van der Waals surface area (Å²) in [7, 11) is -3.53. The fourth-order valence-corrected chi connectivity index (χ4v) is 4.57. The van der Waals surface area contributed by atoms with Crippen molar-refractivity contribution in [2.45, 2.75) is 37.2 Å². The van der Waals surface area contributed by atoms with Crippen LogP contribution in [0, 0.1) is 6.92 Å². The molecule has 0 aromatic heterocycles. The molecule has 0 amide bonds. The molecule has 2 N–H and O–H groups in total. The second-order valence-electron chi connectivity index (χ2n) is 5.55. The van der Waals surface area contributed by atoms with E-state index in [4.69, 9.17) is 22.1 Å². The molecular formula is C15H24Cl2N2O3S. The fourth-order valence-electron chi connectivity index (χ4n) is 2.53. The van der Waals surface area contributed by atoms with Gasteiger partial charge in [-0.2, -0.15) is 4.31 Å². The van der Waals surface area contributed by atoms with E-state index in [1.165, 1.54) is 4.31 Å². The Balaban J connectivity index is 0.00000264. The van der Waals surface area contributed by atoms with Gasteiger partial charge in [-0.05, 0) is 50.4 Å². The van der Waals surface area contributed by atoms with Gasteiger partial charge in [-0.15, -0.1) is 12.4 Å². The molecule has 0 spiro atoms. The van der Waals surface area contributed by atoms with Gasteiger partial charge < -0.3 is 10.5 Å². The van der Waals surface area contributed by atoms with Gasteiger partial charge in [-0.25, -0.2) is 8.42 Å². The predicted octanol–water partition coefficient (Wildman–Crippen LogP) is 2.59. The van der Waals surface area contributed by atoms with E-state index in [9.17, 15) is 8.42 Å². The number of sulfonamides is 1. The molecule has 0 saturated carbocycles. The lowest BCUT2D eigenvalue weighted by Crippen LogP contribution is -2.41. The summed E-state index contributed by atoms with van der Waals surface area (Å²) in [5, 5.41) is 0.279. The summed E-state index contributed by atoms with van der Waals surface area (Å²) < 4.78 is 32.5. The third kappa shape index (κ3) is 5.31. The molecule has 0 unspecified atom stereocenters. The molecule has 1 aromatic rings. The van der Waals surface area contributed by atoms with Crippen molar-refractivity contribution in [1.29, 1.82) is 0 Å². The Bertz CT molecular complexity index is 603. The molecule has 2 rings (SSSR count). The molecule has 0 atom stereocenters. The van der Waals surface area contributed by atoms with Gasteiger partial charge in [0.15, 0.2) is 0 Å². The molecule has 1 saturated heterocycles. The molecule has 132 valence electrons. The molecular weight excluding hydrogens is 359 g/mol. The van der Waals surface area contributed by atoms with E-state index < -0.39 is 10.0 Å². The van der Waals surface area contributed by atoms with Gasteiger partial charge in [-0.1, -0.05) is 17.7 Å². The average molecular weight is 383 g/mol. The molecule has 1 aliphatic rings. The Morgan fingerprint density at radius 1 is 1.35 bits per heavy atom. The second kappa shape index (κ2) is 9.20.